The van der Waals surface area contributed by atoms with Gasteiger partial charge >= 0.3 is 0 Å². The molecule has 4 rings (SSSR count). The predicted octanol–water partition coefficient (Wildman–Crippen LogP) is 5.20. The number of rotatable bonds is 2. The Balaban J connectivity index is 0.00000182. The molecule has 25 heavy (non-hydrogen) atoms. The van der Waals surface area contributed by atoms with Gasteiger partial charge in [-0.2, -0.15) is 0 Å². The number of nitrogen functional groups attached to an aromatic ring is 2. The van der Waals surface area contributed by atoms with Gasteiger partial charge in [0.15, 0.2) is 0 Å². The Morgan fingerprint density at radius 1 is 0.920 bits per heavy atom. The van der Waals surface area contributed by atoms with Crippen molar-refractivity contribution in [1.29, 1.82) is 0 Å². The number of aromatic nitrogens is 1. The van der Waals surface area contributed by atoms with Crippen LogP contribution in [0.15, 0.2) is 60.8 Å². The molecule has 0 atom stereocenters. The third kappa shape index (κ3) is 2.77. The summed E-state index contributed by atoms with van der Waals surface area (Å²) in [6.07, 6.45) is 2.78. The highest BCUT2D eigenvalue weighted by Crippen LogP contribution is 2.38. The first-order valence-electron chi connectivity index (χ1n) is 8.13. The lowest BCUT2D eigenvalue weighted by Gasteiger charge is -2.16. The highest BCUT2D eigenvalue weighted by molar-refractivity contribution is 6.13. The molecule has 0 amide bonds. The molecule has 0 saturated carbocycles. The molecule has 0 radical (unpaired) electrons. The molecule has 1 heterocycles. The first-order valence-corrected chi connectivity index (χ1v) is 8.13. The van der Waals surface area contributed by atoms with E-state index in [1.165, 1.54) is 16.7 Å². The average Bonchev–Trinajstić information content (AvgIpc) is 2.62. The third-order valence-corrected chi connectivity index (χ3v) is 4.57. The number of hydrogen-bond donors (Lipinski definition) is 2. The highest BCUT2D eigenvalue weighted by Gasteiger charge is 2.14. The molecule has 4 heteroatoms. The van der Waals surface area contributed by atoms with Crippen LogP contribution in [0.1, 0.15) is 12.5 Å². The monoisotopic (exact) mass is 349 g/mol. The van der Waals surface area contributed by atoms with Gasteiger partial charge in [0.2, 0.25) is 0 Å². The summed E-state index contributed by atoms with van der Waals surface area (Å²) in [4.78, 5) is 4.55. The number of pyridine rings is 1. The lowest BCUT2D eigenvalue weighted by Crippen LogP contribution is -1.98. The van der Waals surface area contributed by atoms with Crippen LogP contribution in [0.5, 0.6) is 0 Å². The molecule has 0 saturated heterocycles. The van der Waals surface area contributed by atoms with Gasteiger partial charge in [0, 0.05) is 28.3 Å². The number of nitrogens with two attached hydrogens (primary N) is 2. The second kappa shape index (κ2) is 6.61. The SMILES string of the molecule is CCc1c(-c2ccccc2)cc(N)c2cnc3ccc(N)cc3c12.Cl. The summed E-state index contributed by atoms with van der Waals surface area (Å²) in [7, 11) is 0. The van der Waals surface area contributed by atoms with E-state index < -0.39 is 0 Å². The van der Waals surface area contributed by atoms with Crippen molar-refractivity contribution >= 4 is 45.5 Å². The van der Waals surface area contributed by atoms with E-state index in [-0.39, 0.29) is 12.4 Å². The van der Waals surface area contributed by atoms with E-state index in [9.17, 15) is 0 Å². The van der Waals surface area contributed by atoms with E-state index in [2.05, 4.69) is 42.2 Å². The number of nitrogens with zero attached hydrogens (tertiary/aromatic N) is 1. The van der Waals surface area contributed by atoms with Crippen LogP contribution in [0.2, 0.25) is 0 Å². The van der Waals surface area contributed by atoms with Crippen LogP contribution >= 0.6 is 12.4 Å². The predicted molar refractivity (Wildman–Crippen MR) is 110 cm³/mol. The van der Waals surface area contributed by atoms with E-state index in [0.29, 0.717) is 0 Å². The molecule has 3 aromatic carbocycles. The Morgan fingerprint density at radius 2 is 1.68 bits per heavy atom. The van der Waals surface area contributed by atoms with Gasteiger partial charge in [-0.3, -0.25) is 4.98 Å². The van der Waals surface area contributed by atoms with Crippen molar-refractivity contribution < 1.29 is 0 Å². The van der Waals surface area contributed by atoms with Gasteiger partial charge in [-0.05, 0) is 52.8 Å². The minimum absolute atomic E-state index is 0. The summed E-state index contributed by atoms with van der Waals surface area (Å²) in [5.74, 6) is 0. The van der Waals surface area contributed by atoms with Crippen molar-refractivity contribution in [3.05, 3.63) is 66.4 Å². The second-order valence-corrected chi connectivity index (χ2v) is 6.03. The molecule has 0 bridgehead atoms. The van der Waals surface area contributed by atoms with Crippen molar-refractivity contribution in [2.45, 2.75) is 13.3 Å². The van der Waals surface area contributed by atoms with Gasteiger partial charge in [0.1, 0.15) is 0 Å². The number of aryl methyl sites for hydroxylation is 1. The molecule has 4 aromatic rings. The average molecular weight is 350 g/mol. The van der Waals surface area contributed by atoms with Crippen molar-refractivity contribution in [1.82, 2.24) is 4.98 Å². The summed E-state index contributed by atoms with van der Waals surface area (Å²) in [5.41, 5.74) is 18.5. The number of halogens is 1. The van der Waals surface area contributed by atoms with Crippen LogP contribution < -0.4 is 11.5 Å². The maximum absolute atomic E-state index is 6.38. The third-order valence-electron chi connectivity index (χ3n) is 4.57. The number of benzene rings is 3. The Morgan fingerprint density at radius 3 is 2.40 bits per heavy atom. The maximum atomic E-state index is 6.38. The van der Waals surface area contributed by atoms with E-state index in [1.54, 1.807) is 0 Å². The lowest BCUT2D eigenvalue weighted by atomic mass is 9.90. The number of fused-ring (bicyclic) bond motifs is 3. The summed E-state index contributed by atoms with van der Waals surface area (Å²) in [5, 5.41) is 3.21. The molecule has 0 aliphatic carbocycles. The van der Waals surface area contributed by atoms with Crippen molar-refractivity contribution in [3.63, 3.8) is 0 Å². The standard InChI is InChI=1S/C21H19N3.ClH/c1-2-15-16(13-6-4-3-5-7-13)11-19(23)18-12-24-20-9-8-14(22)10-17(20)21(15)18;/h3-12H,2,22-23H2,1H3;1H. The summed E-state index contributed by atoms with van der Waals surface area (Å²) in [6.45, 7) is 2.18. The van der Waals surface area contributed by atoms with E-state index >= 15 is 0 Å². The smallest absolute Gasteiger partial charge is 0.0710 e. The Bertz CT molecular complexity index is 1060. The Hall–Kier alpha value is -2.78. The zero-order valence-electron chi connectivity index (χ0n) is 14.0. The molecule has 0 spiro atoms. The first kappa shape index (κ1) is 17.1. The molecule has 3 nitrogen and oxygen atoms in total. The molecule has 0 aliphatic rings. The van der Waals surface area contributed by atoms with Gasteiger partial charge in [-0.1, -0.05) is 37.3 Å². The lowest BCUT2D eigenvalue weighted by molar-refractivity contribution is 1.16. The van der Waals surface area contributed by atoms with E-state index in [0.717, 1.165) is 39.5 Å². The first-order chi connectivity index (χ1) is 11.7. The maximum Gasteiger partial charge on any atom is 0.0710 e. The van der Waals surface area contributed by atoms with Crippen LogP contribution in [-0.4, -0.2) is 4.98 Å². The van der Waals surface area contributed by atoms with Crippen LogP contribution in [0.4, 0.5) is 11.4 Å². The molecule has 0 unspecified atom stereocenters. The minimum Gasteiger partial charge on any atom is -0.399 e. The molecule has 0 aliphatic heterocycles. The van der Waals surface area contributed by atoms with Crippen molar-refractivity contribution in [2.75, 3.05) is 11.5 Å². The molecule has 4 N–H and O–H groups in total. The molecule has 1 aromatic heterocycles. The highest BCUT2D eigenvalue weighted by atomic mass is 35.5. The molecule has 126 valence electrons. The molecule has 0 fully saturated rings. The van der Waals surface area contributed by atoms with Crippen molar-refractivity contribution in [3.8, 4) is 11.1 Å². The van der Waals surface area contributed by atoms with Gasteiger partial charge in [-0.15, -0.1) is 12.4 Å². The summed E-state index contributed by atoms with van der Waals surface area (Å²) in [6, 6.07) is 18.3. The fraction of sp³-hybridized carbons (Fsp3) is 0.0952. The largest absolute Gasteiger partial charge is 0.399 e. The zero-order valence-corrected chi connectivity index (χ0v) is 14.8. The van der Waals surface area contributed by atoms with Gasteiger partial charge in [0.25, 0.3) is 0 Å². The van der Waals surface area contributed by atoms with Crippen molar-refractivity contribution in [2.24, 2.45) is 0 Å². The van der Waals surface area contributed by atoms with Crippen LogP contribution in [0.3, 0.4) is 0 Å². The van der Waals surface area contributed by atoms with Gasteiger partial charge in [0.05, 0.1) is 5.52 Å². The molecular formula is C21H20ClN3. The molecular weight excluding hydrogens is 330 g/mol. The fourth-order valence-electron chi connectivity index (χ4n) is 3.45. The van der Waals surface area contributed by atoms with Gasteiger partial charge in [-0.25, -0.2) is 0 Å². The Kier molecular flexibility index (Phi) is 4.51. The van der Waals surface area contributed by atoms with E-state index in [1.807, 2.05) is 30.5 Å². The second-order valence-electron chi connectivity index (χ2n) is 6.03. The van der Waals surface area contributed by atoms with Crippen LogP contribution in [0, 0.1) is 0 Å². The minimum atomic E-state index is 0. The fourth-order valence-corrected chi connectivity index (χ4v) is 3.45. The number of hydrogen-bond acceptors (Lipinski definition) is 3. The number of anilines is 2. The quantitative estimate of drug-likeness (QED) is 0.386. The van der Waals surface area contributed by atoms with Crippen LogP contribution in [-0.2, 0) is 6.42 Å². The van der Waals surface area contributed by atoms with Gasteiger partial charge < -0.3 is 11.5 Å². The topological polar surface area (TPSA) is 64.9 Å². The normalized spacial score (nSPS) is 10.8. The summed E-state index contributed by atoms with van der Waals surface area (Å²) < 4.78 is 0. The van der Waals surface area contributed by atoms with Crippen LogP contribution in [0.25, 0.3) is 32.8 Å². The zero-order chi connectivity index (χ0) is 16.7. The summed E-state index contributed by atoms with van der Waals surface area (Å²) >= 11 is 0. The Labute approximate surface area is 153 Å². The van der Waals surface area contributed by atoms with E-state index in [4.69, 9.17) is 11.5 Å².